The zero-order chi connectivity index (χ0) is 17.7. The van der Waals surface area contributed by atoms with Gasteiger partial charge in [-0.15, -0.1) is 11.3 Å². The SMILES string of the molecule is CN=C(NCCCCNc1ccccn1)NCC(C)Cc1cccs1. The largest absolute Gasteiger partial charge is 0.370 e. The minimum Gasteiger partial charge on any atom is -0.370 e. The fourth-order valence-corrected chi connectivity index (χ4v) is 3.35. The molecule has 5 nitrogen and oxygen atoms in total. The summed E-state index contributed by atoms with van der Waals surface area (Å²) in [5.74, 6) is 2.41. The van der Waals surface area contributed by atoms with Crippen molar-refractivity contribution in [2.75, 3.05) is 32.0 Å². The molecule has 0 fully saturated rings. The van der Waals surface area contributed by atoms with Crippen molar-refractivity contribution in [3.63, 3.8) is 0 Å². The van der Waals surface area contributed by atoms with E-state index < -0.39 is 0 Å². The van der Waals surface area contributed by atoms with E-state index in [0.717, 1.165) is 50.7 Å². The van der Waals surface area contributed by atoms with Crippen LogP contribution in [0.2, 0.25) is 0 Å². The van der Waals surface area contributed by atoms with Crippen LogP contribution >= 0.6 is 11.3 Å². The molecule has 2 aromatic heterocycles. The van der Waals surface area contributed by atoms with Gasteiger partial charge >= 0.3 is 0 Å². The van der Waals surface area contributed by atoms with Crippen LogP contribution in [0.5, 0.6) is 0 Å². The van der Waals surface area contributed by atoms with Crippen molar-refractivity contribution in [1.82, 2.24) is 15.6 Å². The van der Waals surface area contributed by atoms with Crippen LogP contribution in [-0.2, 0) is 6.42 Å². The van der Waals surface area contributed by atoms with Gasteiger partial charge in [0, 0.05) is 37.8 Å². The van der Waals surface area contributed by atoms with Crippen molar-refractivity contribution in [1.29, 1.82) is 0 Å². The third-order valence-corrected chi connectivity index (χ3v) is 4.74. The number of hydrogen-bond donors (Lipinski definition) is 3. The van der Waals surface area contributed by atoms with Gasteiger partial charge in [-0.2, -0.15) is 0 Å². The first kappa shape index (κ1) is 19.2. The van der Waals surface area contributed by atoms with Gasteiger partial charge in [0.15, 0.2) is 5.96 Å². The van der Waals surface area contributed by atoms with Gasteiger partial charge in [0.05, 0.1) is 0 Å². The molecule has 0 aromatic carbocycles. The van der Waals surface area contributed by atoms with Crippen molar-refractivity contribution >= 4 is 23.1 Å². The van der Waals surface area contributed by atoms with E-state index in [0.29, 0.717) is 5.92 Å². The molecule has 0 saturated carbocycles. The molecule has 136 valence electrons. The molecule has 0 spiro atoms. The second-order valence-corrected chi connectivity index (χ2v) is 7.15. The lowest BCUT2D eigenvalue weighted by Gasteiger charge is -2.15. The van der Waals surface area contributed by atoms with E-state index in [1.165, 1.54) is 4.88 Å². The summed E-state index contributed by atoms with van der Waals surface area (Å²) in [6, 6.07) is 10.2. The number of pyridine rings is 1. The topological polar surface area (TPSA) is 61.3 Å². The highest BCUT2D eigenvalue weighted by Gasteiger charge is 2.05. The molecule has 2 rings (SSSR count). The predicted molar refractivity (Wildman–Crippen MR) is 109 cm³/mol. The number of aromatic nitrogens is 1. The molecule has 3 N–H and O–H groups in total. The third-order valence-electron chi connectivity index (χ3n) is 3.84. The number of rotatable bonds is 10. The lowest BCUT2D eigenvalue weighted by molar-refractivity contribution is 0.561. The van der Waals surface area contributed by atoms with Crippen molar-refractivity contribution in [3.05, 3.63) is 46.8 Å². The predicted octanol–water partition coefficient (Wildman–Crippen LogP) is 3.38. The minimum atomic E-state index is 0.583. The van der Waals surface area contributed by atoms with Gasteiger partial charge in [0.25, 0.3) is 0 Å². The molecule has 0 saturated heterocycles. The van der Waals surface area contributed by atoms with E-state index in [1.807, 2.05) is 36.6 Å². The summed E-state index contributed by atoms with van der Waals surface area (Å²) in [6.07, 6.45) is 5.10. The van der Waals surface area contributed by atoms with Crippen LogP contribution in [0.1, 0.15) is 24.6 Å². The Morgan fingerprint density at radius 2 is 2.04 bits per heavy atom. The smallest absolute Gasteiger partial charge is 0.190 e. The number of anilines is 1. The van der Waals surface area contributed by atoms with E-state index in [2.05, 4.69) is 50.4 Å². The Labute approximate surface area is 155 Å². The highest BCUT2D eigenvalue weighted by atomic mass is 32.1. The normalized spacial score (nSPS) is 12.6. The molecule has 0 aliphatic heterocycles. The van der Waals surface area contributed by atoms with Crippen molar-refractivity contribution < 1.29 is 0 Å². The van der Waals surface area contributed by atoms with Crippen LogP contribution in [0.25, 0.3) is 0 Å². The third kappa shape index (κ3) is 8.03. The molecule has 0 aliphatic rings. The van der Waals surface area contributed by atoms with Crippen LogP contribution in [0.4, 0.5) is 5.82 Å². The molecule has 2 aromatic rings. The van der Waals surface area contributed by atoms with Gasteiger partial charge in [-0.05, 0) is 48.8 Å². The second kappa shape index (κ2) is 11.5. The van der Waals surface area contributed by atoms with Gasteiger partial charge in [-0.25, -0.2) is 4.98 Å². The van der Waals surface area contributed by atoms with E-state index in [-0.39, 0.29) is 0 Å². The fourth-order valence-electron chi connectivity index (χ4n) is 2.48. The average Bonchev–Trinajstić information content (AvgIpc) is 3.14. The number of nitrogens with zero attached hydrogens (tertiary/aromatic N) is 2. The van der Waals surface area contributed by atoms with Crippen molar-refractivity contribution in [2.45, 2.75) is 26.2 Å². The molecule has 0 amide bonds. The summed E-state index contributed by atoms with van der Waals surface area (Å²) in [6.45, 7) is 5.05. The van der Waals surface area contributed by atoms with E-state index >= 15 is 0 Å². The Morgan fingerprint density at radius 3 is 2.76 bits per heavy atom. The van der Waals surface area contributed by atoms with Crippen LogP contribution in [0.3, 0.4) is 0 Å². The van der Waals surface area contributed by atoms with Crippen molar-refractivity contribution in [3.8, 4) is 0 Å². The van der Waals surface area contributed by atoms with E-state index in [1.54, 1.807) is 6.20 Å². The van der Waals surface area contributed by atoms with Crippen LogP contribution < -0.4 is 16.0 Å². The van der Waals surface area contributed by atoms with Crippen LogP contribution in [-0.4, -0.2) is 37.6 Å². The molecule has 0 radical (unpaired) electrons. The van der Waals surface area contributed by atoms with Gasteiger partial charge in [-0.1, -0.05) is 19.1 Å². The Hall–Kier alpha value is -2.08. The monoisotopic (exact) mass is 359 g/mol. The number of nitrogens with one attached hydrogen (secondary N) is 3. The van der Waals surface area contributed by atoms with Crippen LogP contribution in [0.15, 0.2) is 46.9 Å². The van der Waals surface area contributed by atoms with Gasteiger partial charge in [0.2, 0.25) is 0 Å². The molecular formula is C19H29N5S. The molecule has 2 heterocycles. The molecule has 25 heavy (non-hydrogen) atoms. The lowest BCUT2D eigenvalue weighted by Crippen LogP contribution is -2.40. The highest BCUT2D eigenvalue weighted by Crippen LogP contribution is 2.13. The van der Waals surface area contributed by atoms with Crippen LogP contribution in [0, 0.1) is 5.92 Å². The minimum absolute atomic E-state index is 0.583. The molecule has 1 unspecified atom stereocenters. The molecule has 1 atom stereocenters. The van der Waals surface area contributed by atoms with Gasteiger partial charge < -0.3 is 16.0 Å². The molecule has 0 aliphatic carbocycles. The number of aliphatic imine (C=N–C) groups is 1. The fraction of sp³-hybridized carbons (Fsp3) is 0.474. The first-order valence-electron chi connectivity index (χ1n) is 8.89. The Bertz CT molecular complexity index is 598. The summed E-state index contributed by atoms with van der Waals surface area (Å²) in [5.41, 5.74) is 0. The summed E-state index contributed by atoms with van der Waals surface area (Å²) < 4.78 is 0. The Morgan fingerprint density at radius 1 is 1.16 bits per heavy atom. The average molecular weight is 360 g/mol. The summed E-state index contributed by atoms with van der Waals surface area (Å²) in [5, 5.41) is 12.3. The number of unbranched alkanes of at least 4 members (excludes halogenated alkanes) is 1. The van der Waals surface area contributed by atoms with E-state index in [9.17, 15) is 0 Å². The first-order chi connectivity index (χ1) is 12.3. The van der Waals surface area contributed by atoms with Crippen molar-refractivity contribution in [2.24, 2.45) is 10.9 Å². The summed E-state index contributed by atoms with van der Waals surface area (Å²) in [4.78, 5) is 9.99. The summed E-state index contributed by atoms with van der Waals surface area (Å²) in [7, 11) is 1.82. The lowest BCUT2D eigenvalue weighted by atomic mass is 10.1. The Balaban J connectivity index is 1.52. The standard InChI is InChI=1S/C19H29N5S/c1-16(14-17-8-7-13-25-17)15-24-19(20-2)23-12-6-5-11-22-18-9-3-4-10-21-18/h3-4,7-10,13,16H,5-6,11-12,14-15H2,1-2H3,(H,21,22)(H2,20,23,24). The zero-order valence-electron chi connectivity index (χ0n) is 15.2. The van der Waals surface area contributed by atoms with Gasteiger partial charge in [-0.3, -0.25) is 4.99 Å². The van der Waals surface area contributed by atoms with Gasteiger partial charge in [0.1, 0.15) is 5.82 Å². The number of thiophene rings is 1. The van der Waals surface area contributed by atoms with E-state index in [4.69, 9.17) is 0 Å². The molecule has 6 heteroatoms. The zero-order valence-corrected chi connectivity index (χ0v) is 16.0. The number of hydrogen-bond acceptors (Lipinski definition) is 4. The summed E-state index contributed by atoms with van der Waals surface area (Å²) >= 11 is 1.83. The molecular weight excluding hydrogens is 330 g/mol. The number of guanidine groups is 1. The molecule has 0 bridgehead atoms. The maximum Gasteiger partial charge on any atom is 0.190 e. The highest BCUT2D eigenvalue weighted by molar-refractivity contribution is 7.09. The second-order valence-electron chi connectivity index (χ2n) is 6.12. The Kier molecular flexibility index (Phi) is 8.83. The maximum absolute atomic E-state index is 4.29. The quantitative estimate of drug-likeness (QED) is 0.346. The first-order valence-corrected chi connectivity index (χ1v) is 9.77. The maximum atomic E-state index is 4.29.